The van der Waals surface area contributed by atoms with E-state index < -0.39 is 25.2 Å². The lowest BCUT2D eigenvalue weighted by molar-refractivity contribution is 0.151. The van der Waals surface area contributed by atoms with Crippen LogP contribution >= 0.6 is 0 Å². The summed E-state index contributed by atoms with van der Waals surface area (Å²) in [6.07, 6.45) is 4.14. The van der Waals surface area contributed by atoms with Gasteiger partial charge in [0.15, 0.2) is 0 Å². The Bertz CT molecular complexity index is 1010. The van der Waals surface area contributed by atoms with Gasteiger partial charge < -0.3 is 10.2 Å². The summed E-state index contributed by atoms with van der Waals surface area (Å²) in [5.41, 5.74) is 4.19. The van der Waals surface area contributed by atoms with Crippen molar-refractivity contribution < 1.29 is 18.0 Å². The van der Waals surface area contributed by atoms with Crippen LogP contribution in [0.1, 0.15) is 41.9 Å². The number of likely N-dealkylation sites (tertiary alicyclic amines) is 1. The predicted molar refractivity (Wildman–Crippen MR) is 130 cm³/mol. The number of alkyl halides is 2. The van der Waals surface area contributed by atoms with Gasteiger partial charge in [-0.2, -0.15) is 0 Å². The Morgan fingerprint density at radius 3 is 2.38 bits per heavy atom. The molecular formula is C27H32F3N3O. The van der Waals surface area contributed by atoms with E-state index in [1.54, 1.807) is 21.9 Å². The second kappa shape index (κ2) is 11.1. The molecule has 0 aliphatic carbocycles. The maximum Gasteiger partial charge on any atom is 0.321 e. The summed E-state index contributed by atoms with van der Waals surface area (Å²) in [7, 11) is 0. The predicted octanol–water partition coefficient (Wildman–Crippen LogP) is 5.94. The molecule has 4 rings (SSSR count). The number of amides is 2. The number of hydrogen-bond donors (Lipinski definition) is 1. The molecule has 2 amide bonds. The molecule has 1 fully saturated rings. The number of rotatable bonds is 6. The van der Waals surface area contributed by atoms with Crippen molar-refractivity contribution in [3.05, 3.63) is 71.0 Å². The number of carbonyl (C=O) groups is 1. The maximum absolute atomic E-state index is 14.8. The van der Waals surface area contributed by atoms with Crippen LogP contribution in [0.3, 0.4) is 0 Å². The minimum absolute atomic E-state index is 0.167. The van der Waals surface area contributed by atoms with Gasteiger partial charge in [-0.3, -0.25) is 4.90 Å². The molecule has 2 heterocycles. The lowest BCUT2D eigenvalue weighted by atomic mass is 9.89. The van der Waals surface area contributed by atoms with E-state index in [1.165, 1.54) is 17.2 Å². The first-order valence-corrected chi connectivity index (χ1v) is 12.0. The molecule has 0 unspecified atom stereocenters. The fourth-order valence-corrected chi connectivity index (χ4v) is 4.86. The molecule has 1 N–H and O–H groups in total. The van der Waals surface area contributed by atoms with Crippen LogP contribution in [0.4, 0.5) is 23.7 Å². The molecular weight excluding hydrogens is 439 g/mol. The molecule has 2 aliphatic heterocycles. The highest BCUT2D eigenvalue weighted by Gasteiger charge is 2.26. The van der Waals surface area contributed by atoms with Crippen LogP contribution in [0.25, 0.3) is 5.57 Å². The number of piperidine rings is 1. The van der Waals surface area contributed by atoms with Crippen LogP contribution < -0.4 is 5.32 Å². The van der Waals surface area contributed by atoms with Gasteiger partial charge in [0.1, 0.15) is 19.2 Å². The monoisotopic (exact) mass is 471 g/mol. The number of benzene rings is 2. The molecule has 182 valence electrons. The van der Waals surface area contributed by atoms with Crippen LogP contribution in [0, 0.1) is 12.7 Å². The Kier molecular flexibility index (Phi) is 7.93. The van der Waals surface area contributed by atoms with Crippen LogP contribution in [-0.4, -0.2) is 61.4 Å². The van der Waals surface area contributed by atoms with Crippen LogP contribution in [0.5, 0.6) is 0 Å². The first kappa shape index (κ1) is 24.3. The number of halogens is 3. The average Bonchev–Trinajstić information content (AvgIpc) is 2.87. The molecule has 0 radical (unpaired) electrons. The molecule has 0 spiro atoms. The molecule has 2 aromatic rings. The average molecular weight is 472 g/mol. The molecule has 0 atom stereocenters. The van der Waals surface area contributed by atoms with E-state index >= 15 is 0 Å². The Morgan fingerprint density at radius 1 is 1.06 bits per heavy atom. The molecule has 34 heavy (non-hydrogen) atoms. The van der Waals surface area contributed by atoms with Crippen LogP contribution in [-0.2, 0) is 0 Å². The SMILES string of the molecule is Cc1ccc(C2CCN(C(=O)Nc3c(F)cccc3C3=CCN(C(CF)CF)CC3)CC2)cc1. The van der Waals surface area contributed by atoms with E-state index in [-0.39, 0.29) is 11.7 Å². The fraction of sp³-hybridized carbons (Fsp3) is 0.444. The third kappa shape index (κ3) is 5.46. The smallest absolute Gasteiger partial charge is 0.321 e. The highest BCUT2D eigenvalue weighted by Crippen LogP contribution is 2.33. The van der Waals surface area contributed by atoms with Crippen molar-refractivity contribution in [1.82, 2.24) is 9.80 Å². The van der Waals surface area contributed by atoms with Gasteiger partial charge in [-0.05, 0) is 49.3 Å². The number of nitrogens with zero attached hydrogens (tertiary/aromatic N) is 2. The first-order valence-electron chi connectivity index (χ1n) is 12.0. The topological polar surface area (TPSA) is 35.6 Å². The van der Waals surface area contributed by atoms with Gasteiger partial charge >= 0.3 is 6.03 Å². The molecule has 2 aliphatic rings. The summed E-state index contributed by atoms with van der Waals surface area (Å²) in [6, 6.07) is 12.2. The minimum Gasteiger partial charge on any atom is -0.324 e. The number of hydrogen-bond acceptors (Lipinski definition) is 2. The summed E-state index contributed by atoms with van der Waals surface area (Å²) in [5, 5.41) is 2.80. The van der Waals surface area contributed by atoms with Gasteiger partial charge in [-0.15, -0.1) is 0 Å². The molecule has 4 nitrogen and oxygen atoms in total. The molecule has 2 aromatic carbocycles. The number of para-hydroxylation sites is 1. The van der Waals surface area contributed by atoms with E-state index in [9.17, 15) is 18.0 Å². The number of carbonyl (C=O) groups excluding carboxylic acids is 1. The van der Waals surface area contributed by atoms with Crippen molar-refractivity contribution >= 4 is 17.3 Å². The molecule has 7 heteroatoms. The highest BCUT2D eigenvalue weighted by molar-refractivity contribution is 5.93. The summed E-state index contributed by atoms with van der Waals surface area (Å²) in [6.45, 7) is 2.70. The van der Waals surface area contributed by atoms with E-state index in [0.29, 0.717) is 44.1 Å². The Balaban J connectivity index is 1.41. The number of urea groups is 1. The summed E-state index contributed by atoms with van der Waals surface area (Å²) < 4.78 is 40.9. The van der Waals surface area contributed by atoms with E-state index in [4.69, 9.17) is 0 Å². The van der Waals surface area contributed by atoms with Crippen LogP contribution in [0.15, 0.2) is 48.5 Å². The van der Waals surface area contributed by atoms with Crippen molar-refractivity contribution in [2.24, 2.45) is 0 Å². The van der Waals surface area contributed by atoms with Gasteiger partial charge in [0, 0.05) is 31.7 Å². The zero-order valence-electron chi connectivity index (χ0n) is 19.6. The van der Waals surface area contributed by atoms with Gasteiger partial charge in [0.05, 0.1) is 11.7 Å². The normalized spacial score (nSPS) is 17.7. The number of anilines is 1. The highest BCUT2D eigenvalue weighted by atomic mass is 19.1. The first-order chi connectivity index (χ1) is 16.5. The van der Waals surface area contributed by atoms with Gasteiger partial charge in [0.25, 0.3) is 0 Å². The van der Waals surface area contributed by atoms with E-state index in [0.717, 1.165) is 18.4 Å². The van der Waals surface area contributed by atoms with Gasteiger partial charge in [0.2, 0.25) is 0 Å². The van der Waals surface area contributed by atoms with Crippen molar-refractivity contribution in [2.45, 2.75) is 38.1 Å². The molecule has 0 aromatic heterocycles. The van der Waals surface area contributed by atoms with Crippen molar-refractivity contribution in [3.8, 4) is 0 Å². The van der Waals surface area contributed by atoms with E-state index in [2.05, 4.69) is 36.5 Å². The zero-order valence-corrected chi connectivity index (χ0v) is 19.6. The lowest BCUT2D eigenvalue weighted by Crippen LogP contribution is -2.41. The fourth-order valence-electron chi connectivity index (χ4n) is 4.86. The third-order valence-corrected chi connectivity index (χ3v) is 7.04. The molecule has 0 saturated carbocycles. The number of aryl methyl sites for hydroxylation is 1. The molecule has 0 bridgehead atoms. The lowest BCUT2D eigenvalue weighted by Gasteiger charge is -2.33. The second-order valence-electron chi connectivity index (χ2n) is 9.20. The van der Waals surface area contributed by atoms with E-state index in [1.807, 2.05) is 6.08 Å². The summed E-state index contributed by atoms with van der Waals surface area (Å²) >= 11 is 0. The maximum atomic E-state index is 14.8. The van der Waals surface area contributed by atoms with Crippen LogP contribution in [0.2, 0.25) is 0 Å². The Hall–Kier alpha value is -2.80. The van der Waals surface area contributed by atoms with Gasteiger partial charge in [-0.25, -0.2) is 18.0 Å². The standard InChI is InChI=1S/C27H32F3N3O/c1-19-5-7-20(8-6-19)21-9-15-33(16-10-21)27(34)31-26-24(3-2-4-25(26)30)22-11-13-32(14-12-22)23(17-28)18-29/h2-8,11,21,23H,9-10,12-18H2,1H3,(H,31,34). The largest absolute Gasteiger partial charge is 0.324 e. The quantitative estimate of drug-likeness (QED) is 0.566. The Labute approximate surface area is 199 Å². The van der Waals surface area contributed by atoms with Crippen molar-refractivity contribution in [3.63, 3.8) is 0 Å². The molecule has 1 saturated heterocycles. The number of nitrogens with one attached hydrogen (secondary N) is 1. The zero-order chi connectivity index (χ0) is 24.1. The minimum atomic E-state index is -0.743. The second-order valence-corrected chi connectivity index (χ2v) is 9.20. The van der Waals surface area contributed by atoms with Gasteiger partial charge in [-0.1, -0.05) is 48.0 Å². The third-order valence-electron chi connectivity index (χ3n) is 7.04. The van der Waals surface area contributed by atoms with Crippen molar-refractivity contribution in [2.75, 3.05) is 44.8 Å². The van der Waals surface area contributed by atoms with Crippen molar-refractivity contribution in [1.29, 1.82) is 0 Å². The summed E-state index contributed by atoms with van der Waals surface area (Å²) in [4.78, 5) is 16.5. The Morgan fingerprint density at radius 2 is 1.76 bits per heavy atom. The summed E-state index contributed by atoms with van der Waals surface area (Å²) in [5.74, 6) is -0.0735.